The molecule has 4 nitrogen and oxygen atoms in total. The molecule has 0 aromatic carbocycles. The summed E-state index contributed by atoms with van der Waals surface area (Å²) in [6.07, 6.45) is 3.22. The van der Waals surface area contributed by atoms with Crippen LogP contribution in [0.2, 0.25) is 0 Å². The van der Waals surface area contributed by atoms with E-state index in [0.717, 1.165) is 5.69 Å². The average Bonchev–Trinajstić information content (AvgIpc) is 2.47. The van der Waals surface area contributed by atoms with Crippen LogP contribution in [0, 0.1) is 12.3 Å². The van der Waals surface area contributed by atoms with E-state index < -0.39 is 0 Å². The first kappa shape index (κ1) is 9.80. The Morgan fingerprint density at radius 3 is 2.85 bits per heavy atom. The minimum Gasteiger partial charge on any atom is -0.385 e. The smallest absolute Gasteiger partial charge is 0.153 e. The molecule has 0 saturated heterocycles. The Bertz CT molecular complexity index is 340. The summed E-state index contributed by atoms with van der Waals surface area (Å²) < 4.78 is 0. The molecular weight excluding hydrogens is 188 g/mol. The van der Waals surface area contributed by atoms with Gasteiger partial charge in [0.25, 0.3) is 0 Å². The van der Waals surface area contributed by atoms with Crippen LogP contribution >= 0.6 is 11.6 Å². The molecule has 0 amide bonds. The fourth-order valence-electron chi connectivity index (χ4n) is 0.935. The number of hydrogen-bond acceptors (Lipinski definition) is 3. The summed E-state index contributed by atoms with van der Waals surface area (Å²) in [6, 6.07) is 0. The molecule has 1 rings (SSSR count). The normalized spacial score (nSPS) is 11.5. The molecule has 0 aliphatic heterocycles. The molecule has 1 heterocycles. The Kier molecular flexibility index (Phi) is 3.08. The number of nitrogens with one attached hydrogen (secondary N) is 3. The molecule has 0 fully saturated rings. The topological polar surface area (TPSA) is 64.6 Å². The third-order valence-corrected chi connectivity index (χ3v) is 1.61. The second-order valence-electron chi connectivity index (χ2n) is 2.57. The molecule has 13 heavy (non-hydrogen) atoms. The minimum absolute atomic E-state index is 0.0293. The number of halogens is 1. The van der Waals surface area contributed by atoms with Gasteiger partial charge < -0.3 is 10.3 Å². The maximum atomic E-state index is 7.09. The fourth-order valence-corrected chi connectivity index (χ4v) is 1.04. The zero-order valence-electron chi connectivity index (χ0n) is 7.48. The van der Waals surface area contributed by atoms with E-state index in [-0.39, 0.29) is 5.17 Å². The van der Waals surface area contributed by atoms with Crippen molar-refractivity contribution in [2.45, 2.75) is 6.92 Å². The van der Waals surface area contributed by atoms with Crippen molar-refractivity contribution in [2.75, 3.05) is 7.05 Å². The third-order valence-electron chi connectivity index (χ3n) is 1.50. The van der Waals surface area contributed by atoms with Crippen molar-refractivity contribution in [3.63, 3.8) is 0 Å². The molecule has 0 unspecified atom stereocenters. The molecule has 0 aliphatic carbocycles. The highest BCUT2D eigenvalue weighted by Gasteiger charge is 2.03. The van der Waals surface area contributed by atoms with Gasteiger partial charge in [-0.3, -0.25) is 5.41 Å². The number of allylic oxidation sites excluding steroid dienone is 1. The Labute approximate surface area is 81.5 Å². The van der Waals surface area contributed by atoms with Crippen molar-refractivity contribution in [3.05, 3.63) is 23.8 Å². The van der Waals surface area contributed by atoms with Crippen LogP contribution in [0.25, 0.3) is 5.70 Å². The largest absolute Gasteiger partial charge is 0.385 e. The van der Waals surface area contributed by atoms with Crippen LogP contribution in [0.5, 0.6) is 0 Å². The van der Waals surface area contributed by atoms with E-state index in [1.54, 1.807) is 13.2 Å². The summed E-state index contributed by atoms with van der Waals surface area (Å²) in [5.74, 6) is 0.686. The molecule has 0 saturated carbocycles. The van der Waals surface area contributed by atoms with E-state index >= 15 is 0 Å². The van der Waals surface area contributed by atoms with Gasteiger partial charge in [-0.25, -0.2) is 4.98 Å². The lowest BCUT2D eigenvalue weighted by molar-refractivity contribution is 1.07. The fraction of sp³-hybridized carbons (Fsp3) is 0.250. The predicted molar refractivity (Wildman–Crippen MR) is 53.9 cm³/mol. The molecule has 1 aromatic heterocycles. The van der Waals surface area contributed by atoms with E-state index in [1.807, 2.05) is 6.92 Å². The van der Waals surface area contributed by atoms with E-state index in [1.165, 1.54) is 6.08 Å². The molecule has 1 aromatic rings. The lowest BCUT2D eigenvalue weighted by Gasteiger charge is -2.01. The van der Waals surface area contributed by atoms with Gasteiger partial charge in [0, 0.05) is 25.0 Å². The maximum Gasteiger partial charge on any atom is 0.153 e. The first-order valence-corrected chi connectivity index (χ1v) is 4.16. The number of nitrogens with zero attached hydrogens (tertiary/aromatic N) is 1. The van der Waals surface area contributed by atoms with Gasteiger partial charge in [0.1, 0.15) is 5.17 Å². The van der Waals surface area contributed by atoms with Crippen LogP contribution in [0.3, 0.4) is 0 Å². The van der Waals surface area contributed by atoms with Gasteiger partial charge >= 0.3 is 0 Å². The predicted octanol–water partition coefficient (Wildman–Crippen LogP) is 1.49. The molecule has 0 spiro atoms. The van der Waals surface area contributed by atoms with Crippen LogP contribution < -0.4 is 5.32 Å². The summed E-state index contributed by atoms with van der Waals surface area (Å²) >= 11 is 5.43. The summed E-state index contributed by atoms with van der Waals surface area (Å²) in [7, 11) is 1.75. The number of aryl methyl sites for hydroxylation is 1. The number of rotatable bonds is 3. The quantitative estimate of drug-likeness (QED) is 0.645. The molecule has 0 aliphatic rings. The van der Waals surface area contributed by atoms with Gasteiger partial charge in [-0.05, 0) is 6.92 Å². The molecule has 0 bridgehead atoms. The summed E-state index contributed by atoms with van der Waals surface area (Å²) in [6.45, 7) is 1.91. The van der Waals surface area contributed by atoms with Crippen molar-refractivity contribution < 1.29 is 0 Å². The van der Waals surface area contributed by atoms with Crippen LogP contribution in [0.15, 0.2) is 12.3 Å². The van der Waals surface area contributed by atoms with E-state index in [0.29, 0.717) is 11.5 Å². The molecule has 0 radical (unpaired) electrons. The highest BCUT2D eigenvalue weighted by molar-refractivity contribution is 6.67. The maximum absolute atomic E-state index is 7.09. The number of H-pyrrole nitrogens is 1. The molecule has 0 atom stereocenters. The molecule has 70 valence electrons. The van der Waals surface area contributed by atoms with Crippen molar-refractivity contribution in [1.29, 1.82) is 5.41 Å². The zero-order valence-corrected chi connectivity index (χ0v) is 8.24. The standard InChI is InChI=1S/C8H11ClN4/c1-5-4-12-8(13-5)6(11-2)3-7(9)10/h3-4,10-11H,1-2H3,(H,12,13)/b6-3+,10-7?. The first-order valence-electron chi connectivity index (χ1n) is 3.79. The van der Waals surface area contributed by atoms with E-state index in [2.05, 4.69) is 15.3 Å². The second-order valence-corrected chi connectivity index (χ2v) is 2.98. The first-order chi connectivity index (χ1) is 6.13. The van der Waals surface area contributed by atoms with Gasteiger partial charge in [-0.1, -0.05) is 11.6 Å². The summed E-state index contributed by atoms with van der Waals surface area (Å²) in [5, 5.41) is 9.97. The van der Waals surface area contributed by atoms with Crippen LogP contribution in [-0.2, 0) is 0 Å². The second kappa shape index (κ2) is 4.09. The summed E-state index contributed by atoms with van der Waals surface area (Å²) in [4.78, 5) is 7.13. The molecule has 5 heteroatoms. The highest BCUT2D eigenvalue weighted by atomic mass is 35.5. The highest BCUT2D eigenvalue weighted by Crippen LogP contribution is 2.07. The van der Waals surface area contributed by atoms with E-state index in [9.17, 15) is 0 Å². The average molecular weight is 199 g/mol. The Hall–Kier alpha value is -1.29. The number of hydrogen-bond donors (Lipinski definition) is 3. The Balaban J connectivity index is 2.97. The Morgan fingerprint density at radius 2 is 2.46 bits per heavy atom. The number of aromatic nitrogens is 2. The van der Waals surface area contributed by atoms with Gasteiger partial charge in [0.2, 0.25) is 0 Å². The van der Waals surface area contributed by atoms with Crippen LogP contribution in [-0.4, -0.2) is 22.2 Å². The molecular formula is C8H11ClN4. The van der Waals surface area contributed by atoms with Crippen molar-refractivity contribution in [2.24, 2.45) is 0 Å². The number of aromatic amines is 1. The van der Waals surface area contributed by atoms with E-state index in [4.69, 9.17) is 17.0 Å². The van der Waals surface area contributed by atoms with Gasteiger partial charge in [-0.2, -0.15) is 0 Å². The SMILES string of the molecule is CN/C(=C/C(=N)Cl)c1ncc(C)[nH]1. The third kappa shape index (κ3) is 2.59. The number of imidazole rings is 1. The van der Waals surface area contributed by atoms with Crippen molar-refractivity contribution in [3.8, 4) is 0 Å². The van der Waals surface area contributed by atoms with Gasteiger partial charge in [-0.15, -0.1) is 0 Å². The zero-order chi connectivity index (χ0) is 9.84. The van der Waals surface area contributed by atoms with Gasteiger partial charge in [0.05, 0.1) is 5.70 Å². The van der Waals surface area contributed by atoms with Crippen LogP contribution in [0.1, 0.15) is 11.5 Å². The minimum atomic E-state index is -0.0293. The Morgan fingerprint density at radius 1 is 1.77 bits per heavy atom. The van der Waals surface area contributed by atoms with Crippen molar-refractivity contribution >= 4 is 22.5 Å². The summed E-state index contributed by atoms with van der Waals surface area (Å²) in [5.41, 5.74) is 1.67. The molecule has 3 N–H and O–H groups in total. The van der Waals surface area contributed by atoms with Gasteiger partial charge in [0.15, 0.2) is 5.82 Å². The lowest BCUT2D eigenvalue weighted by atomic mass is 10.4. The van der Waals surface area contributed by atoms with Crippen LogP contribution in [0.4, 0.5) is 0 Å². The van der Waals surface area contributed by atoms with Crippen molar-refractivity contribution in [1.82, 2.24) is 15.3 Å². The monoisotopic (exact) mass is 198 g/mol. The lowest BCUT2D eigenvalue weighted by Crippen LogP contribution is -2.07.